The highest BCUT2D eigenvalue weighted by Crippen LogP contribution is 2.35. The molecule has 0 amide bonds. The molecule has 5 rings (SSSR count). The minimum absolute atomic E-state index is 0.0509. The Morgan fingerprint density at radius 2 is 1.96 bits per heavy atom. The average molecular weight is 370 g/mol. The molecule has 0 spiro atoms. The smallest absolute Gasteiger partial charge is 0.237 e. The Morgan fingerprint density at radius 3 is 2.86 bits per heavy atom. The second-order valence-electron chi connectivity index (χ2n) is 6.46. The predicted octanol–water partition coefficient (Wildman–Crippen LogP) is 3.79. The van der Waals surface area contributed by atoms with Crippen LogP contribution in [0.1, 0.15) is 27.4 Å². The topological polar surface area (TPSA) is 114 Å². The van der Waals surface area contributed by atoms with Crippen molar-refractivity contribution < 1.29 is 15.0 Å². The van der Waals surface area contributed by atoms with Crippen LogP contribution >= 0.6 is 0 Å². The molecule has 1 aliphatic rings. The molecule has 7 nitrogen and oxygen atoms in total. The van der Waals surface area contributed by atoms with Crippen LogP contribution in [-0.4, -0.2) is 37.2 Å². The number of aromatic nitrogens is 3. The van der Waals surface area contributed by atoms with Crippen LogP contribution in [0.4, 0.5) is 5.69 Å². The van der Waals surface area contributed by atoms with Crippen LogP contribution in [0.15, 0.2) is 53.7 Å². The number of carbonyl (C=O) groups excluding carboxylic acids is 1. The van der Waals surface area contributed by atoms with E-state index in [2.05, 4.69) is 19.9 Å². The second kappa shape index (κ2) is 5.95. The van der Waals surface area contributed by atoms with E-state index < -0.39 is 0 Å². The van der Waals surface area contributed by atoms with E-state index in [1.807, 2.05) is 24.3 Å². The number of benzene rings is 2. The predicted molar refractivity (Wildman–Crippen MR) is 106 cm³/mol. The summed E-state index contributed by atoms with van der Waals surface area (Å²) >= 11 is 0. The normalized spacial score (nSPS) is 14.1. The molecule has 7 heteroatoms. The van der Waals surface area contributed by atoms with Gasteiger partial charge >= 0.3 is 0 Å². The quantitative estimate of drug-likeness (QED) is 0.411. The van der Waals surface area contributed by atoms with Crippen molar-refractivity contribution in [3.05, 3.63) is 71.3 Å². The molecule has 1 aliphatic heterocycles. The molecule has 3 heterocycles. The fraction of sp³-hybridized carbons (Fsp3) is 0. The van der Waals surface area contributed by atoms with Crippen LogP contribution in [0, 0.1) is 0 Å². The summed E-state index contributed by atoms with van der Waals surface area (Å²) in [6.07, 6.45) is 4.93. The maximum Gasteiger partial charge on any atom is 0.237 e. The number of H-pyrrole nitrogens is 2. The molecular formula is C21H14N4O3. The van der Waals surface area contributed by atoms with E-state index in [1.165, 1.54) is 0 Å². The summed E-state index contributed by atoms with van der Waals surface area (Å²) in [7, 11) is 0. The molecule has 28 heavy (non-hydrogen) atoms. The van der Waals surface area contributed by atoms with Crippen molar-refractivity contribution in [2.45, 2.75) is 0 Å². The standard InChI is InChI=1S/C21H14N4O3/c26-12-5-6-13-11(9-22-17(13)8-12)7-18-21(28)25-20(24-18)19(27)15-10-23-16-4-2-1-3-14(15)16/h1-10,23,26,28H,(H,24,25). The Kier molecular flexibility index (Phi) is 3.42. The summed E-state index contributed by atoms with van der Waals surface area (Å²) in [5, 5.41) is 20.6. The fourth-order valence-electron chi connectivity index (χ4n) is 3.32. The molecule has 0 saturated carbocycles. The number of hydrogen-bond donors (Lipinski definition) is 4. The first-order chi connectivity index (χ1) is 13.6. The van der Waals surface area contributed by atoms with Gasteiger partial charge in [-0.15, -0.1) is 0 Å². The Hall–Kier alpha value is -4.13. The summed E-state index contributed by atoms with van der Waals surface area (Å²) in [4.78, 5) is 27.0. The minimum Gasteiger partial charge on any atom is -0.508 e. The van der Waals surface area contributed by atoms with Gasteiger partial charge in [-0.2, -0.15) is 4.98 Å². The number of para-hydroxylation sites is 1. The molecule has 0 fully saturated rings. The highest BCUT2D eigenvalue weighted by molar-refractivity contribution is 6.21. The van der Waals surface area contributed by atoms with Crippen LogP contribution in [0.2, 0.25) is 0 Å². The third-order valence-corrected chi connectivity index (χ3v) is 4.70. The van der Waals surface area contributed by atoms with E-state index in [-0.39, 0.29) is 23.2 Å². The molecule has 0 bridgehead atoms. The van der Waals surface area contributed by atoms with Crippen molar-refractivity contribution >= 4 is 40.2 Å². The number of imidazole rings is 1. The highest BCUT2D eigenvalue weighted by Gasteiger charge is 2.20. The van der Waals surface area contributed by atoms with Gasteiger partial charge in [-0.25, -0.2) is 0 Å². The molecule has 2 aromatic heterocycles. The lowest BCUT2D eigenvalue weighted by atomic mass is 10.1. The zero-order chi connectivity index (χ0) is 19.3. The Morgan fingerprint density at radius 1 is 1.11 bits per heavy atom. The highest BCUT2D eigenvalue weighted by atomic mass is 16.3. The fourth-order valence-corrected chi connectivity index (χ4v) is 3.32. The molecule has 0 saturated heterocycles. The monoisotopic (exact) mass is 370 g/mol. The van der Waals surface area contributed by atoms with Crippen molar-refractivity contribution in [1.29, 1.82) is 0 Å². The van der Waals surface area contributed by atoms with Gasteiger partial charge in [-0.3, -0.25) is 9.79 Å². The second-order valence-corrected chi connectivity index (χ2v) is 6.46. The number of nitrogens with zero attached hydrogens (tertiary/aromatic N) is 2. The van der Waals surface area contributed by atoms with Gasteiger partial charge < -0.3 is 20.2 Å². The summed E-state index contributed by atoms with van der Waals surface area (Å²) in [5.41, 5.74) is 3.83. The first kappa shape index (κ1) is 16.1. The summed E-state index contributed by atoms with van der Waals surface area (Å²) in [6.45, 7) is 0. The van der Waals surface area contributed by atoms with Gasteiger partial charge in [0.1, 0.15) is 11.4 Å². The molecule has 136 valence electrons. The Balaban J connectivity index is 1.52. The van der Waals surface area contributed by atoms with Gasteiger partial charge in [0.05, 0.1) is 11.3 Å². The maximum atomic E-state index is 12.9. The molecule has 0 atom stereocenters. The van der Waals surface area contributed by atoms with Crippen LogP contribution in [0.5, 0.6) is 11.6 Å². The number of aliphatic imine (C=N–C) groups is 1. The van der Waals surface area contributed by atoms with E-state index in [4.69, 9.17) is 0 Å². The number of nitrogens with one attached hydrogen (secondary N) is 2. The van der Waals surface area contributed by atoms with Crippen molar-refractivity contribution in [2.24, 2.45) is 4.99 Å². The van der Waals surface area contributed by atoms with E-state index in [9.17, 15) is 15.0 Å². The number of rotatable bonds is 3. The van der Waals surface area contributed by atoms with Crippen LogP contribution in [0.3, 0.4) is 0 Å². The van der Waals surface area contributed by atoms with Gasteiger partial charge in [0.25, 0.3) is 0 Å². The van der Waals surface area contributed by atoms with Crippen molar-refractivity contribution in [2.75, 3.05) is 0 Å². The first-order valence-electron chi connectivity index (χ1n) is 8.59. The van der Waals surface area contributed by atoms with E-state index >= 15 is 0 Å². The summed E-state index contributed by atoms with van der Waals surface area (Å²) in [6, 6.07) is 12.4. The number of hydrogen-bond acceptors (Lipinski definition) is 5. The zero-order valence-corrected chi connectivity index (χ0v) is 14.5. The van der Waals surface area contributed by atoms with E-state index in [0.717, 1.165) is 22.0 Å². The van der Waals surface area contributed by atoms with Gasteiger partial charge in [0.2, 0.25) is 11.7 Å². The molecule has 4 N–H and O–H groups in total. The number of carbonyl (C=O) groups is 1. The molecule has 4 aromatic rings. The van der Waals surface area contributed by atoms with E-state index in [0.29, 0.717) is 16.9 Å². The first-order valence-corrected chi connectivity index (χ1v) is 8.59. The lowest BCUT2D eigenvalue weighted by Crippen LogP contribution is -2.02. The van der Waals surface area contributed by atoms with Crippen molar-refractivity contribution in [3.63, 3.8) is 0 Å². The largest absolute Gasteiger partial charge is 0.508 e. The summed E-state index contributed by atoms with van der Waals surface area (Å²) < 4.78 is 0. The molecule has 0 aliphatic carbocycles. The number of ketones is 1. The van der Waals surface area contributed by atoms with Gasteiger partial charge in [-0.1, -0.05) is 18.2 Å². The number of aromatic amines is 2. The van der Waals surface area contributed by atoms with Gasteiger partial charge in [-0.05, 0) is 24.3 Å². The van der Waals surface area contributed by atoms with Gasteiger partial charge in [0.15, 0.2) is 5.82 Å². The van der Waals surface area contributed by atoms with Crippen LogP contribution in [0.25, 0.3) is 22.6 Å². The number of phenols is 1. The van der Waals surface area contributed by atoms with E-state index in [1.54, 1.807) is 36.7 Å². The maximum absolute atomic E-state index is 12.9. The Labute approximate surface area is 158 Å². The SMILES string of the molecule is O=C(c1nc(O)c(C=C2C=Nc3cc(O)ccc32)[nH]1)c1c[nH]c2ccccc12. The molecule has 0 radical (unpaired) electrons. The van der Waals surface area contributed by atoms with Gasteiger partial charge in [0, 0.05) is 40.5 Å². The minimum atomic E-state index is -0.317. The number of fused-ring (bicyclic) bond motifs is 2. The molecular weight excluding hydrogens is 356 g/mol. The number of allylic oxidation sites excluding steroid dienone is 1. The zero-order valence-electron chi connectivity index (χ0n) is 14.5. The Bertz CT molecular complexity index is 1310. The number of phenolic OH excluding ortho intramolecular Hbond substituents is 1. The van der Waals surface area contributed by atoms with Crippen molar-refractivity contribution in [1.82, 2.24) is 15.0 Å². The third kappa shape index (κ3) is 2.49. The third-order valence-electron chi connectivity index (χ3n) is 4.70. The summed E-state index contributed by atoms with van der Waals surface area (Å²) in [5.74, 6) is -0.401. The lowest BCUT2D eigenvalue weighted by Gasteiger charge is -2.00. The average Bonchev–Trinajstić information content (AvgIpc) is 3.39. The van der Waals surface area contributed by atoms with Crippen LogP contribution in [-0.2, 0) is 0 Å². The van der Waals surface area contributed by atoms with Crippen molar-refractivity contribution in [3.8, 4) is 11.6 Å². The number of aromatic hydroxyl groups is 2. The van der Waals surface area contributed by atoms with Crippen LogP contribution < -0.4 is 0 Å². The molecule has 0 unspecified atom stereocenters. The lowest BCUT2D eigenvalue weighted by molar-refractivity contribution is 0.103. The molecule has 2 aromatic carbocycles.